The highest BCUT2D eigenvalue weighted by Gasteiger charge is 2.57. The van der Waals surface area contributed by atoms with E-state index >= 15 is 4.79 Å². The number of amides is 1. The number of carbonyl (C=O) groups excluding carboxylic acids is 2. The predicted octanol–water partition coefficient (Wildman–Crippen LogP) is 11.4. The Kier molecular flexibility index (Phi) is 31.5. The molecule has 4 fully saturated rings. The number of esters is 1. The van der Waals surface area contributed by atoms with Gasteiger partial charge in [0.2, 0.25) is 0 Å². The Labute approximate surface area is 604 Å². The van der Waals surface area contributed by atoms with Gasteiger partial charge in [0, 0.05) is 18.6 Å². The number of methoxy groups -OCH3 is 3. The van der Waals surface area contributed by atoms with Crippen molar-refractivity contribution in [2.75, 3.05) is 41.2 Å². The number of nitrogens with one attached hydrogen (secondary N) is 1. The SMILES string of the molecule is COC(=O)CCCCCCCCO[C@@H]1O[C@H](COCc2ccccc2)[C@@H](O[C@@H]2O[C@H](COCc3ccccc3)[C@H](O)[C@H](O[C@@H](CC3CCCCC3)C(=O)O)[C@H]2O)[C@H](O[C@@H]2O[C@@H](C)[C@@H](OCc3ccccc3)[C@@H](OCc3ccccc3)[C@@H]2OCc2ccccc2)[C@H]1NC(=O)c1ccc(OC)c(OC)c1. The average Bonchev–Trinajstić information content (AvgIpc) is 0.763. The molecule has 558 valence electrons. The fraction of sp³-hybridized carbons (Fsp3) is 0.519. The van der Waals surface area contributed by atoms with Crippen molar-refractivity contribution in [2.45, 2.75) is 222 Å². The van der Waals surface area contributed by atoms with Crippen molar-refractivity contribution in [3.8, 4) is 11.5 Å². The molecule has 3 aliphatic heterocycles. The topological polar surface area (TPSA) is 262 Å². The number of carboxylic acid groups (broad SMARTS) is 1. The Hall–Kier alpha value is -7.23. The van der Waals surface area contributed by atoms with Gasteiger partial charge in [-0.3, -0.25) is 9.59 Å². The molecule has 0 aromatic heterocycles. The molecule has 22 nitrogen and oxygen atoms in total. The molecule has 1 saturated carbocycles. The number of hydrogen-bond donors (Lipinski definition) is 4. The molecule has 4 N–H and O–H groups in total. The van der Waals surface area contributed by atoms with Crippen LogP contribution in [0.1, 0.15) is 129 Å². The fourth-order valence-corrected chi connectivity index (χ4v) is 13.7. The summed E-state index contributed by atoms with van der Waals surface area (Å²) in [6.45, 7) is 2.13. The molecule has 3 saturated heterocycles. The summed E-state index contributed by atoms with van der Waals surface area (Å²) in [7, 11) is 4.35. The van der Waals surface area contributed by atoms with E-state index in [2.05, 4.69) is 5.32 Å². The minimum absolute atomic E-state index is 0.0276. The van der Waals surface area contributed by atoms with Crippen molar-refractivity contribution < 1.29 is 101 Å². The third kappa shape index (κ3) is 23.4. The van der Waals surface area contributed by atoms with Crippen molar-refractivity contribution in [2.24, 2.45) is 5.92 Å². The van der Waals surface area contributed by atoms with E-state index in [1.165, 1.54) is 21.3 Å². The number of unbranched alkanes of at least 4 members (excludes halogenated alkanes) is 5. The Balaban J connectivity index is 1.08. The number of aliphatic hydroxyl groups is 2. The van der Waals surface area contributed by atoms with Gasteiger partial charge in [-0.15, -0.1) is 0 Å². The number of benzene rings is 6. The zero-order chi connectivity index (χ0) is 72.1. The number of ether oxygens (including phenoxy) is 15. The van der Waals surface area contributed by atoms with Gasteiger partial charge in [0.05, 0.1) is 73.7 Å². The number of rotatable bonds is 40. The minimum atomic E-state index is -1.89. The molecule has 103 heavy (non-hydrogen) atoms. The molecule has 10 rings (SSSR count). The molecule has 4 aliphatic rings. The standard InChI is InChI=1S/C81H103NO21/c1-54-71(95-49-58-35-21-12-22-36-58)75(96-50-59-37-23-13-24-38-59)76(97-51-60-39-25-14-26-40-60)81(98-54)103-73-68(82-77(86)61-42-43-62(89-2)63(46-61)90-3)79(94-44-28-8-6-5-7-27-41-67(83)91-4)101-66(53-93-48-57-33-19-11-20-34-57)72(73)102-80-70(85)74(99-64(78(87)88)45-55-29-15-9-16-30-55)69(84)65(100-80)52-92-47-56-31-17-10-18-32-56/h10-14,17-26,31-40,42-43,46,54-55,64-66,68-76,79-81,84-85H,5-9,15-16,27-30,41,44-45,47-53H2,1-4H3,(H,82,86)(H,87,88)/t54-,64-,65+,66+,68+,69-,70+,71+,72+,73+,74-,75+,76-,79+,80-,81-/m0/s1. The number of carboxylic acids is 1. The highest BCUT2D eigenvalue weighted by molar-refractivity contribution is 5.95. The molecule has 1 amide bonds. The molecule has 22 heteroatoms. The van der Waals surface area contributed by atoms with Gasteiger partial charge in [-0.25, -0.2) is 4.79 Å². The van der Waals surface area contributed by atoms with E-state index in [0.29, 0.717) is 25.0 Å². The van der Waals surface area contributed by atoms with Crippen LogP contribution in [0.25, 0.3) is 0 Å². The summed E-state index contributed by atoms with van der Waals surface area (Å²) in [5, 5.41) is 39.6. The molecule has 6 aromatic carbocycles. The summed E-state index contributed by atoms with van der Waals surface area (Å²) in [6.07, 6.45) is -10.6. The smallest absolute Gasteiger partial charge is 0.332 e. The van der Waals surface area contributed by atoms with Gasteiger partial charge in [-0.1, -0.05) is 209 Å². The summed E-state index contributed by atoms with van der Waals surface area (Å²) in [6, 6.07) is 51.5. The lowest BCUT2D eigenvalue weighted by molar-refractivity contribution is -0.381. The van der Waals surface area contributed by atoms with E-state index in [-0.39, 0.29) is 82.5 Å². The second-order valence-corrected chi connectivity index (χ2v) is 26.8. The molecule has 1 aliphatic carbocycles. The van der Waals surface area contributed by atoms with Crippen LogP contribution in [0.4, 0.5) is 0 Å². The molecule has 3 heterocycles. The van der Waals surface area contributed by atoms with Gasteiger partial charge in [0.1, 0.15) is 67.1 Å². The summed E-state index contributed by atoms with van der Waals surface area (Å²) < 4.78 is 99.7. The molecule has 6 aromatic rings. The van der Waals surface area contributed by atoms with Gasteiger partial charge in [0.25, 0.3) is 5.91 Å². The Morgan fingerprint density at radius 1 is 0.495 bits per heavy atom. The first kappa shape index (κ1) is 78.4. The van der Waals surface area contributed by atoms with Gasteiger partial charge in [-0.05, 0) is 78.1 Å². The third-order valence-corrected chi connectivity index (χ3v) is 19.3. The molecule has 16 atom stereocenters. The van der Waals surface area contributed by atoms with E-state index in [1.807, 2.05) is 159 Å². The van der Waals surface area contributed by atoms with Crippen molar-refractivity contribution in [1.82, 2.24) is 5.32 Å². The van der Waals surface area contributed by atoms with E-state index in [0.717, 1.165) is 85.6 Å². The summed E-state index contributed by atoms with van der Waals surface area (Å²) in [5.74, 6) is -1.44. The van der Waals surface area contributed by atoms with Crippen LogP contribution in [0.2, 0.25) is 0 Å². The lowest BCUT2D eigenvalue weighted by atomic mass is 9.85. The average molecular weight is 1430 g/mol. The molecular formula is C81H103NO21. The van der Waals surface area contributed by atoms with Crippen molar-refractivity contribution in [3.05, 3.63) is 203 Å². The van der Waals surface area contributed by atoms with Gasteiger partial charge >= 0.3 is 11.9 Å². The first-order valence-corrected chi connectivity index (χ1v) is 36.3. The molecular weight excluding hydrogens is 1320 g/mol. The van der Waals surface area contributed by atoms with Crippen LogP contribution in [0.5, 0.6) is 11.5 Å². The van der Waals surface area contributed by atoms with Crippen LogP contribution in [0.3, 0.4) is 0 Å². The third-order valence-electron chi connectivity index (χ3n) is 19.3. The van der Waals surface area contributed by atoms with Crippen molar-refractivity contribution in [1.29, 1.82) is 0 Å². The Morgan fingerprint density at radius 3 is 1.55 bits per heavy atom. The summed E-state index contributed by atoms with van der Waals surface area (Å²) in [4.78, 5) is 40.7. The summed E-state index contributed by atoms with van der Waals surface area (Å²) >= 11 is 0. The van der Waals surface area contributed by atoms with Crippen LogP contribution in [0.15, 0.2) is 170 Å². The van der Waals surface area contributed by atoms with Crippen LogP contribution in [0, 0.1) is 5.92 Å². The van der Waals surface area contributed by atoms with Crippen molar-refractivity contribution >= 4 is 17.8 Å². The second kappa shape index (κ2) is 41.5. The molecule has 0 spiro atoms. The predicted molar refractivity (Wildman–Crippen MR) is 379 cm³/mol. The van der Waals surface area contributed by atoms with E-state index in [1.54, 1.807) is 18.2 Å². The quantitative estimate of drug-likeness (QED) is 0.0206. The van der Waals surface area contributed by atoms with Crippen LogP contribution < -0.4 is 14.8 Å². The first-order chi connectivity index (χ1) is 50.4. The maximum Gasteiger partial charge on any atom is 0.332 e. The zero-order valence-electron chi connectivity index (χ0n) is 59.5. The maximum absolute atomic E-state index is 15.5. The van der Waals surface area contributed by atoms with Gasteiger partial charge in [-0.2, -0.15) is 0 Å². The molecule has 0 radical (unpaired) electrons. The number of aliphatic hydroxyl groups excluding tert-OH is 2. The highest BCUT2D eigenvalue weighted by Crippen LogP contribution is 2.39. The van der Waals surface area contributed by atoms with E-state index < -0.39 is 110 Å². The van der Waals surface area contributed by atoms with E-state index in [9.17, 15) is 24.9 Å². The highest BCUT2D eigenvalue weighted by atomic mass is 16.8. The maximum atomic E-state index is 15.5. The lowest BCUT2D eigenvalue weighted by Crippen LogP contribution is -2.70. The number of hydrogen-bond acceptors (Lipinski definition) is 20. The number of carbonyl (C=O) groups is 3. The monoisotopic (exact) mass is 1430 g/mol. The second-order valence-electron chi connectivity index (χ2n) is 26.8. The van der Waals surface area contributed by atoms with Crippen LogP contribution in [-0.4, -0.2) is 172 Å². The van der Waals surface area contributed by atoms with Gasteiger partial charge < -0.3 is 91.7 Å². The Morgan fingerprint density at radius 2 is 1.00 bits per heavy atom. The van der Waals surface area contributed by atoms with Crippen LogP contribution >= 0.6 is 0 Å². The zero-order valence-corrected chi connectivity index (χ0v) is 59.5. The largest absolute Gasteiger partial charge is 0.493 e. The summed E-state index contributed by atoms with van der Waals surface area (Å²) in [5.41, 5.74) is 4.45. The molecule has 0 bridgehead atoms. The van der Waals surface area contributed by atoms with Crippen LogP contribution in [-0.2, 0) is 104 Å². The lowest BCUT2D eigenvalue weighted by Gasteiger charge is -2.51. The van der Waals surface area contributed by atoms with E-state index in [4.69, 9.17) is 71.1 Å². The number of aliphatic carboxylic acids is 1. The first-order valence-electron chi connectivity index (χ1n) is 36.3. The minimum Gasteiger partial charge on any atom is -0.493 e. The van der Waals surface area contributed by atoms with Crippen molar-refractivity contribution in [3.63, 3.8) is 0 Å². The molecule has 0 unspecified atom stereocenters. The Bertz CT molecular complexity index is 3410. The fourth-order valence-electron chi connectivity index (χ4n) is 13.7. The normalized spacial score (nSPS) is 26.2. The van der Waals surface area contributed by atoms with Gasteiger partial charge in [0.15, 0.2) is 36.5 Å².